The van der Waals surface area contributed by atoms with Crippen LogP contribution in [-0.4, -0.2) is 42.1 Å². The summed E-state index contributed by atoms with van der Waals surface area (Å²) >= 11 is 6.10. The number of halogens is 1. The number of phenols is 1. The second-order valence-electron chi connectivity index (χ2n) is 7.44. The molecule has 1 aromatic rings. The van der Waals surface area contributed by atoms with Crippen LogP contribution in [0, 0.1) is 0 Å². The van der Waals surface area contributed by atoms with Gasteiger partial charge in [0.1, 0.15) is 4.90 Å². The molecule has 7 nitrogen and oxygen atoms in total. The van der Waals surface area contributed by atoms with Gasteiger partial charge in [-0.1, -0.05) is 23.3 Å². The molecule has 0 spiro atoms. The molecule has 0 saturated heterocycles. The summed E-state index contributed by atoms with van der Waals surface area (Å²) in [5, 5.41) is 24.8. The predicted octanol–water partition coefficient (Wildman–Crippen LogP) is 3.35. The lowest BCUT2D eigenvalue weighted by Gasteiger charge is -2.26. The van der Waals surface area contributed by atoms with Crippen LogP contribution in [0.5, 0.6) is 5.75 Å². The molecule has 154 valence electrons. The molecule has 0 radical (unpaired) electrons. The maximum Gasteiger partial charge on any atom is 0.319 e. The molecule has 3 unspecified atom stereocenters. The van der Waals surface area contributed by atoms with Gasteiger partial charge in [0.15, 0.2) is 15.6 Å². The zero-order chi connectivity index (χ0) is 20.5. The Balaban J connectivity index is 1.83. The van der Waals surface area contributed by atoms with Crippen molar-refractivity contribution in [2.75, 3.05) is 5.32 Å². The van der Waals surface area contributed by atoms with E-state index in [1.165, 1.54) is 12.1 Å². The molecule has 2 aliphatic carbocycles. The topological polar surface area (TPSA) is 116 Å². The summed E-state index contributed by atoms with van der Waals surface area (Å²) in [6.07, 6.45) is 4.68. The molecule has 2 aliphatic rings. The lowest BCUT2D eigenvalue weighted by Crippen LogP contribution is -2.37. The molecule has 0 bridgehead atoms. The second-order valence-corrected chi connectivity index (χ2v) is 10.0. The maximum absolute atomic E-state index is 13.0. The van der Waals surface area contributed by atoms with Crippen LogP contribution in [0.4, 0.5) is 10.5 Å². The van der Waals surface area contributed by atoms with Crippen molar-refractivity contribution in [1.29, 1.82) is 0 Å². The number of anilines is 1. The molecule has 9 heteroatoms. The number of aromatic hydroxyl groups is 1. The van der Waals surface area contributed by atoms with Gasteiger partial charge in [0, 0.05) is 0 Å². The van der Waals surface area contributed by atoms with E-state index in [1.54, 1.807) is 0 Å². The summed E-state index contributed by atoms with van der Waals surface area (Å²) in [4.78, 5) is 11.9. The normalized spacial score (nSPS) is 25.2. The van der Waals surface area contributed by atoms with Gasteiger partial charge in [-0.15, -0.1) is 0 Å². The van der Waals surface area contributed by atoms with Gasteiger partial charge in [0.05, 0.1) is 28.1 Å². The van der Waals surface area contributed by atoms with E-state index in [0.29, 0.717) is 19.3 Å². The van der Waals surface area contributed by atoms with Crippen LogP contribution in [0.3, 0.4) is 0 Å². The Bertz CT molecular complexity index is 900. The highest BCUT2D eigenvalue weighted by molar-refractivity contribution is 7.92. The molecular formula is C19H25ClN2O5S. The zero-order valence-electron chi connectivity index (χ0n) is 15.6. The number of allylic oxidation sites excluding steroid dienone is 1. The number of urea groups is 1. The van der Waals surface area contributed by atoms with Gasteiger partial charge in [-0.2, -0.15) is 0 Å². The molecule has 1 fully saturated rings. The fraction of sp³-hybridized carbons (Fsp3) is 0.526. The quantitative estimate of drug-likeness (QED) is 0.433. The van der Waals surface area contributed by atoms with E-state index in [2.05, 4.69) is 10.6 Å². The van der Waals surface area contributed by atoms with Crippen LogP contribution in [0.15, 0.2) is 28.7 Å². The van der Waals surface area contributed by atoms with E-state index < -0.39 is 37.9 Å². The fourth-order valence-corrected chi connectivity index (χ4v) is 6.32. The first-order chi connectivity index (χ1) is 13.2. The Kier molecular flexibility index (Phi) is 6.21. The van der Waals surface area contributed by atoms with Crippen molar-refractivity contribution in [1.82, 2.24) is 5.32 Å². The molecule has 28 heavy (non-hydrogen) atoms. The van der Waals surface area contributed by atoms with Gasteiger partial charge in [-0.25, -0.2) is 13.2 Å². The summed E-state index contributed by atoms with van der Waals surface area (Å²) in [5.74, 6) is -0.582. The molecule has 1 saturated carbocycles. The number of phenolic OH excluding ortho intramolecular Hbond substituents is 1. The van der Waals surface area contributed by atoms with Crippen LogP contribution < -0.4 is 10.6 Å². The van der Waals surface area contributed by atoms with E-state index in [0.717, 1.165) is 18.4 Å². The number of hydrogen-bond donors (Lipinski definition) is 4. The largest absolute Gasteiger partial charge is 0.504 e. The first-order valence-corrected chi connectivity index (χ1v) is 11.3. The minimum Gasteiger partial charge on any atom is -0.504 e. The minimum atomic E-state index is -3.97. The highest BCUT2D eigenvalue weighted by Crippen LogP contribution is 2.41. The van der Waals surface area contributed by atoms with Crippen molar-refractivity contribution in [3.63, 3.8) is 0 Å². The number of benzene rings is 1. The summed E-state index contributed by atoms with van der Waals surface area (Å²) in [6, 6.07) is 2.09. The Morgan fingerprint density at radius 1 is 1.25 bits per heavy atom. The fourth-order valence-electron chi connectivity index (χ4n) is 3.84. The van der Waals surface area contributed by atoms with E-state index in [-0.39, 0.29) is 23.2 Å². The van der Waals surface area contributed by atoms with Crippen molar-refractivity contribution >= 4 is 33.2 Å². The number of carbonyl (C=O) groups is 1. The molecule has 0 aliphatic heterocycles. The van der Waals surface area contributed by atoms with Crippen LogP contribution >= 0.6 is 11.6 Å². The number of hydrogen-bond acceptors (Lipinski definition) is 5. The molecule has 4 N–H and O–H groups in total. The third kappa shape index (κ3) is 4.29. The molecular weight excluding hydrogens is 404 g/mol. The maximum atomic E-state index is 13.0. The Morgan fingerprint density at radius 3 is 2.64 bits per heavy atom. The number of sulfone groups is 1. The number of aliphatic hydroxyl groups excluding tert-OH is 1. The van der Waals surface area contributed by atoms with Crippen LogP contribution in [0.25, 0.3) is 0 Å². The summed E-state index contributed by atoms with van der Waals surface area (Å²) in [6.45, 7) is 1.93. The van der Waals surface area contributed by atoms with Crippen LogP contribution in [0.1, 0.15) is 45.4 Å². The third-order valence-corrected chi connectivity index (χ3v) is 8.15. The Morgan fingerprint density at radius 2 is 2.00 bits per heavy atom. The number of rotatable bonds is 4. The van der Waals surface area contributed by atoms with E-state index in [4.69, 9.17) is 11.6 Å². The molecule has 3 atom stereocenters. The van der Waals surface area contributed by atoms with E-state index in [9.17, 15) is 23.4 Å². The number of amides is 2. The predicted molar refractivity (Wildman–Crippen MR) is 107 cm³/mol. The molecule has 1 aromatic carbocycles. The number of nitrogens with one attached hydrogen (secondary N) is 2. The van der Waals surface area contributed by atoms with Crippen molar-refractivity contribution in [3.05, 3.63) is 28.8 Å². The standard InChI is InChI=1S/C19H25ClN2O5S/c1-11-4-2-7-15(11)21-19(25)22-16-9-8-14(20)18(17(16)24)28(26,27)13-6-3-5-12(23)10-13/h4,8-9,12-13,15,23-24H,2-3,5-7,10H2,1H3,(H2,21,22,25). The highest BCUT2D eigenvalue weighted by atomic mass is 35.5. The van der Waals surface area contributed by atoms with Crippen molar-refractivity contribution in [2.45, 2.75) is 67.7 Å². The van der Waals surface area contributed by atoms with Gasteiger partial charge in [0.2, 0.25) is 0 Å². The monoisotopic (exact) mass is 428 g/mol. The first kappa shape index (κ1) is 21.0. The summed E-state index contributed by atoms with van der Waals surface area (Å²) in [5.41, 5.74) is 1.03. The highest BCUT2D eigenvalue weighted by Gasteiger charge is 2.36. The van der Waals surface area contributed by atoms with Gasteiger partial charge >= 0.3 is 6.03 Å². The molecule has 0 heterocycles. The lowest BCUT2D eigenvalue weighted by molar-refractivity contribution is 0.131. The smallest absolute Gasteiger partial charge is 0.319 e. The van der Waals surface area contributed by atoms with E-state index in [1.807, 2.05) is 13.0 Å². The van der Waals surface area contributed by atoms with Gasteiger partial charge in [-0.05, 0) is 57.6 Å². The Hall–Kier alpha value is -1.77. The molecule has 3 rings (SSSR count). The van der Waals surface area contributed by atoms with Crippen molar-refractivity contribution in [3.8, 4) is 5.75 Å². The van der Waals surface area contributed by atoms with Gasteiger partial charge in [0.25, 0.3) is 0 Å². The summed E-state index contributed by atoms with van der Waals surface area (Å²) in [7, 11) is -3.97. The number of aliphatic hydroxyl groups is 1. The van der Waals surface area contributed by atoms with E-state index >= 15 is 0 Å². The van der Waals surface area contributed by atoms with Gasteiger partial charge < -0.3 is 20.8 Å². The number of carbonyl (C=O) groups excluding carboxylic acids is 1. The third-order valence-electron chi connectivity index (χ3n) is 5.43. The zero-order valence-corrected chi connectivity index (χ0v) is 17.2. The minimum absolute atomic E-state index is 0.0311. The van der Waals surface area contributed by atoms with Crippen molar-refractivity contribution in [2.24, 2.45) is 0 Å². The van der Waals surface area contributed by atoms with Crippen molar-refractivity contribution < 1.29 is 23.4 Å². The molecule has 0 aromatic heterocycles. The average molecular weight is 429 g/mol. The Labute approximate surface area is 169 Å². The lowest BCUT2D eigenvalue weighted by atomic mass is 9.97. The summed E-state index contributed by atoms with van der Waals surface area (Å²) < 4.78 is 26.1. The molecule has 2 amide bonds. The first-order valence-electron chi connectivity index (χ1n) is 9.37. The average Bonchev–Trinajstić information content (AvgIpc) is 3.02. The van der Waals surface area contributed by atoms with Crippen LogP contribution in [-0.2, 0) is 9.84 Å². The van der Waals surface area contributed by atoms with Crippen LogP contribution in [0.2, 0.25) is 5.02 Å². The SMILES string of the molecule is CC1=CCCC1NC(=O)Nc1ccc(Cl)c(S(=O)(=O)C2CCCC(O)C2)c1O. The second kappa shape index (κ2) is 8.31. The van der Waals surface area contributed by atoms with Gasteiger partial charge in [-0.3, -0.25) is 0 Å².